The zero-order chi connectivity index (χ0) is 14.3. The molecular formula is C19H32S. The molecule has 0 radical (unpaired) electrons. The Morgan fingerprint density at radius 2 is 1.90 bits per heavy atom. The maximum Gasteiger partial charge on any atom is 0.00195 e. The molecule has 0 heterocycles. The van der Waals surface area contributed by atoms with Gasteiger partial charge < -0.3 is 0 Å². The minimum absolute atomic E-state index is 0.437. The maximum absolute atomic E-state index is 5.75. The van der Waals surface area contributed by atoms with Crippen LogP contribution in [0.2, 0.25) is 0 Å². The predicted molar refractivity (Wildman–Crippen MR) is 91.1 cm³/mol. The van der Waals surface area contributed by atoms with Gasteiger partial charge in [0.15, 0.2) is 0 Å². The SMILES string of the molecule is CCCC1C(CC)CCC2C1CCC1(C)C(=S)CCC21. The van der Waals surface area contributed by atoms with Crippen LogP contribution in [-0.2, 0) is 0 Å². The minimum atomic E-state index is 0.437. The molecule has 20 heavy (non-hydrogen) atoms. The summed E-state index contributed by atoms with van der Waals surface area (Å²) in [5, 5.41) is 0. The van der Waals surface area contributed by atoms with Crippen molar-refractivity contribution in [3.63, 3.8) is 0 Å². The van der Waals surface area contributed by atoms with E-state index < -0.39 is 0 Å². The monoisotopic (exact) mass is 292 g/mol. The summed E-state index contributed by atoms with van der Waals surface area (Å²) in [5.41, 5.74) is 0.437. The number of rotatable bonds is 3. The first-order valence-electron chi connectivity index (χ1n) is 9.15. The fourth-order valence-corrected chi connectivity index (χ4v) is 6.67. The second-order valence-electron chi connectivity index (χ2n) is 8.05. The van der Waals surface area contributed by atoms with Crippen molar-refractivity contribution in [3.05, 3.63) is 0 Å². The van der Waals surface area contributed by atoms with Crippen molar-refractivity contribution in [2.45, 2.75) is 78.6 Å². The molecule has 0 aromatic rings. The van der Waals surface area contributed by atoms with Crippen LogP contribution < -0.4 is 0 Å². The van der Waals surface area contributed by atoms with Crippen molar-refractivity contribution in [1.82, 2.24) is 0 Å². The van der Waals surface area contributed by atoms with E-state index in [2.05, 4.69) is 20.8 Å². The molecule has 1 heteroatoms. The molecule has 3 rings (SSSR count). The van der Waals surface area contributed by atoms with Gasteiger partial charge in [-0.1, -0.05) is 52.3 Å². The van der Waals surface area contributed by atoms with E-state index in [1.165, 1.54) is 62.7 Å². The standard InChI is InChI=1S/C19H32S/c1-4-6-14-13(5-2)7-8-16-15(14)11-12-19(3)17(16)9-10-18(19)20/h13-17H,4-12H2,1-3H3. The van der Waals surface area contributed by atoms with Crippen LogP contribution in [0.15, 0.2) is 0 Å². The average Bonchev–Trinajstić information content (AvgIpc) is 2.75. The van der Waals surface area contributed by atoms with Gasteiger partial charge in [0, 0.05) is 5.41 Å². The van der Waals surface area contributed by atoms with E-state index in [-0.39, 0.29) is 0 Å². The molecule has 3 aliphatic carbocycles. The Labute approximate surface area is 131 Å². The molecule has 6 unspecified atom stereocenters. The van der Waals surface area contributed by atoms with E-state index in [1.807, 2.05) is 0 Å². The Morgan fingerprint density at radius 3 is 2.60 bits per heavy atom. The van der Waals surface area contributed by atoms with E-state index in [9.17, 15) is 0 Å². The second kappa shape index (κ2) is 5.71. The van der Waals surface area contributed by atoms with Gasteiger partial charge in [-0.2, -0.15) is 0 Å². The van der Waals surface area contributed by atoms with Gasteiger partial charge in [-0.05, 0) is 73.0 Å². The topological polar surface area (TPSA) is 0 Å². The van der Waals surface area contributed by atoms with Gasteiger partial charge in [-0.25, -0.2) is 0 Å². The lowest BCUT2D eigenvalue weighted by molar-refractivity contribution is -0.0236. The van der Waals surface area contributed by atoms with Crippen molar-refractivity contribution in [1.29, 1.82) is 0 Å². The van der Waals surface area contributed by atoms with Gasteiger partial charge in [0.2, 0.25) is 0 Å². The van der Waals surface area contributed by atoms with Gasteiger partial charge in [0.05, 0.1) is 0 Å². The summed E-state index contributed by atoms with van der Waals surface area (Å²) >= 11 is 5.75. The Hall–Kier alpha value is 0.0900. The second-order valence-corrected chi connectivity index (χ2v) is 8.54. The van der Waals surface area contributed by atoms with Gasteiger partial charge >= 0.3 is 0 Å². The summed E-state index contributed by atoms with van der Waals surface area (Å²) in [6.45, 7) is 7.31. The molecule has 0 N–H and O–H groups in total. The fraction of sp³-hybridized carbons (Fsp3) is 0.947. The highest BCUT2D eigenvalue weighted by Gasteiger charge is 2.54. The third-order valence-electron chi connectivity index (χ3n) is 7.37. The van der Waals surface area contributed by atoms with E-state index in [0.717, 1.165) is 29.6 Å². The number of hydrogen-bond donors (Lipinski definition) is 0. The van der Waals surface area contributed by atoms with Crippen LogP contribution in [0.3, 0.4) is 0 Å². The Kier molecular flexibility index (Phi) is 4.28. The molecule has 3 aliphatic rings. The third-order valence-corrected chi connectivity index (χ3v) is 8.04. The molecule has 0 saturated heterocycles. The van der Waals surface area contributed by atoms with Crippen LogP contribution >= 0.6 is 12.2 Å². The smallest absolute Gasteiger partial charge is 0.00195 e. The largest absolute Gasteiger partial charge is 0.0891 e. The Balaban J connectivity index is 1.83. The molecule has 3 fully saturated rings. The average molecular weight is 293 g/mol. The lowest BCUT2D eigenvalue weighted by Crippen LogP contribution is -2.47. The number of thiocarbonyl (C=S) groups is 1. The number of fused-ring (bicyclic) bond motifs is 3. The van der Waals surface area contributed by atoms with Crippen LogP contribution in [0.25, 0.3) is 0 Å². The van der Waals surface area contributed by atoms with Gasteiger partial charge in [0.1, 0.15) is 0 Å². The first kappa shape index (κ1) is 15.0. The van der Waals surface area contributed by atoms with Gasteiger partial charge in [-0.3, -0.25) is 0 Å². The van der Waals surface area contributed by atoms with Crippen LogP contribution in [0.5, 0.6) is 0 Å². The third kappa shape index (κ3) is 2.19. The van der Waals surface area contributed by atoms with Crippen LogP contribution in [0.4, 0.5) is 0 Å². The highest BCUT2D eigenvalue weighted by molar-refractivity contribution is 7.80. The Morgan fingerprint density at radius 1 is 1.10 bits per heavy atom. The molecule has 114 valence electrons. The Bertz CT molecular complexity index is 374. The quantitative estimate of drug-likeness (QED) is 0.572. The summed E-state index contributed by atoms with van der Waals surface area (Å²) in [7, 11) is 0. The summed E-state index contributed by atoms with van der Waals surface area (Å²) in [6, 6.07) is 0. The molecule has 0 amide bonds. The van der Waals surface area contributed by atoms with E-state index in [0.29, 0.717) is 5.41 Å². The maximum atomic E-state index is 5.75. The zero-order valence-corrected chi connectivity index (χ0v) is 14.5. The molecule has 0 spiro atoms. The van der Waals surface area contributed by atoms with E-state index in [4.69, 9.17) is 12.2 Å². The lowest BCUT2D eigenvalue weighted by Gasteiger charge is -2.53. The summed E-state index contributed by atoms with van der Waals surface area (Å²) in [6.07, 6.45) is 12.8. The first-order valence-corrected chi connectivity index (χ1v) is 9.56. The molecule has 0 aliphatic heterocycles. The highest BCUT2D eigenvalue weighted by atomic mass is 32.1. The molecular weight excluding hydrogens is 260 g/mol. The van der Waals surface area contributed by atoms with Gasteiger partial charge in [-0.15, -0.1) is 0 Å². The van der Waals surface area contributed by atoms with Crippen LogP contribution in [0, 0.1) is 35.0 Å². The summed E-state index contributed by atoms with van der Waals surface area (Å²) in [4.78, 5) is 1.42. The summed E-state index contributed by atoms with van der Waals surface area (Å²) in [5.74, 6) is 5.03. The minimum Gasteiger partial charge on any atom is -0.0891 e. The van der Waals surface area contributed by atoms with Crippen LogP contribution in [0.1, 0.15) is 78.6 Å². The van der Waals surface area contributed by atoms with Crippen molar-refractivity contribution in [2.75, 3.05) is 0 Å². The lowest BCUT2D eigenvalue weighted by atomic mass is 9.52. The van der Waals surface area contributed by atoms with Crippen molar-refractivity contribution < 1.29 is 0 Å². The fourth-order valence-electron chi connectivity index (χ4n) is 6.29. The van der Waals surface area contributed by atoms with Crippen molar-refractivity contribution in [3.8, 4) is 0 Å². The van der Waals surface area contributed by atoms with Crippen LogP contribution in [-0.4, -0.2) is 4.86 Å². The molecule has 3 saturated carbocycles. The molecule has 6 atom stereocenters. The molecule has 0 nitrogen and oxygen atoms in total. The van der Waals surface area contributed by atoms with E-state index in [1.54, 1.807) is 0 Å². The molecule has 0 bridgehead atoms. The van der Waals surface area contributed by atoms with Crippen molar-refractivity contribution in [2.24, 2.45) is 35.0 Å². The molecule has 0 aromatic carbocycles. The van der Waals surface area contributed by atoms with Gasteiger partial charge in [0.25, 0.3) is 0 Å². The first-order chi connectivity index (χ1) is 9.61. The summed E-state index contributed by atoms with van der Waals surface area (Å²) < 4.78 is 0. The zero-order valence-electron chi connectivity index (χ0n) is 13.7. The molecule has 0 aromatic heterocycles. The predicted octanol–water partition coefficient (Wildman–Crippen LogP) is 6.04. The number of hydrogen-bond acceptors (Lipinski definition) is 1. The highest BCUT2D eigenvalue weighted by Crippen LogP contribution is 2.60. The normalized spacial score (nSPS) is 48.0. The van der Waals surface area contributed by atoms with E-state index >= 15 is 0 Å². The van der Waals surface area contributed by atoms with Crippen molar-refractivity contribution >= 4 is 17.1 Å².